The van der Waals surface area contributed by atoms with Gasteiger partial charge in [0.15, 0.2) is 11.0 Å². The summed E-state index contributed by atoms with van der Waals surface area (Å²) in [6.07, 6.45) is 1.46. The van der Waals surface area contributed by atoms with Gasteiger partial charge in [-0.2, -0.15) is 0 Å². The quantitative estimate of drug-likeness (QED) is 0.441. The zero-order valence-electron chi connectivity index (χ0n) is 17.1. The largest absolute Gasteiger partial charge is 0.441 e. The molecule has 0 bridgehead atoms. The van der Waals surface area contributed by atoms with E-state index in [0.29, 0.717) is 23.2 Å². The van der Waals surface area contributed by atoms with Crippen LogP contribution in [-0.4, -0.2) is 30.0 Å². The molecule has 0 radical (unpaired) electrons. The van der Waals surface area contributed by atoms with Gasteiger partial charge in [0.1, 0.15) is 11.3 Å². The second kappa shape index (κ2) is 8.61. The highest BCUT2D eigenvalue weighted by Crippen LogP contribution is 2.26. The van der Waals surface area contributed by atoms with Crippen LogP contribution in [0.3, 0.4) is 0 Å². The summed E-state index contributed by atoms with van der Waals surface area (Å²) in [5, 5.41) is 2.66. The third-order valence-corrected chi connectivity index (χ3v) is 5.18. The Bertz CT molecular complexity index is 956. The van der Waals surface area contributed by atoms with Gasteiger partial charge in [-0.15, -0.1) is 0 Å². The number of benzene rings is 1. The maximum Gasteiger partial charge on any atom is 0.270 e. The summed E-state index contributed by atoms with van der Waals surface area (Å²) in [6, 6.07) is 11.2. The van der Waals surface area contributed by atoms with Crippen molar-refractivity contribution in [3.8, 4) is 0 Å². The van der Waals surface area contributed by atoms with Crippen molar-refractivity contribution >= 4 is 46.8 Å². The van der Waals surface area contributed by atoms with Crippen molar-refractivity contribution in [3.63, 3.8) is 0 Å². The smallest absolute Gasteiger partial charge is 0.270 e. The number of rotatable bonds is 6. The Labute approximate surface area is 176 Å². The van der Waals surface area contributed by atoms with Gasteiger partial charge >= 0.3 is 0 Å². The molecule has 1 aliphatic rings. The molecule has 0 aliphatic carbocycles. The first kappa shape index (κ1) is 20.8. The van der Waals surface area contributed by atoms with Crippen LogP contribution in [0.1, 0.15) is 44.9 Å². The molecule has 0 atom stereocenters. The molecule has 152 valence electrons. The Morgan fingerprint density at radius 1 is 1.10 bits per heavy atom. The van der Waals surface area contributed by atoms with E-state index >= 15 is 0 Å². The van der Waals surface area contributed by atoms with Crippen molar-refractivity contribution in [2.75, 3.05) is 22.9 Å². The summed E-state index contributed by atoms with van der Waals surface area (Å²) in [4.78, 5) is 28.9. The molecule has 1 aromatic carbocycles. The lowest BCUT2D eigenvalue weighted by atomic mass is 10.0. The number of hydrogen-bond donors (Lipinski definition) is 1. The highest BCUT2D eigenvalue weighted by Gasteiger charge is 2.34. The minimum atomic E-state index is -0.532. The molecule has 2 amide bonds. The summed E-state index contributed by atoms with van der Waals surface area (Å²) >= 11 is 5.25. The average molecular weight is 412 g/mol. The van der Waals surface area contributed by atoms with Gasteiger partial charge in [-0.1, -0.05) is 26.0 Å². The third kappa shape index (κ3) is 4.24. The van der Waals surface area contributed by atoms with Crippen molar-refractivity contribution in [1.82, 2.24) is 5.32 Å². The first-order valence-electron chi connectivity index (χ1n) is 9.71. The fourth-order valence-corrected chi connectivity index (χ4v) is 3.45. The van der Waals surface area contributed by atoms with Crippen molar-refractivity contribution in [1.29, 1.82) is 0 Å². The highest BCUT2D eigenvalue weighted by atomic mass is 32.1. The zero-order chi connectivity index (χ0) is 21.1. The fourth-order valence-electron chi connectivity index (χ4n) is 3.17. The molecule has 1 fully saturated rings. The summed E-state index contributed by atoms with van der Waals surface area (Å²) in [5.41, 5.74) is 1.74. The molecule has 7 heteroatoms. The Balaban J connectivity index is 1.91. The Morgan fingerprint density at radius 2 is 1.76 bits per heavy atom. The summed E-state index contributed by atoms with van der Waals surface area (Å²) in [6.45, 7) is 9.87. The molecule has 1 saturated heterocycles. The second-order valence-electron chi connectivity index (χ2n) is 7.05. The van der Waals surface area contributed by atoms with Gasteiger partial charge in [0, 0.05) is 19.2 Å². The van der Waals surface area contributed by atoms with Crippen LogP contribution < -0.4 is 15.1 Å². The van der Waals surface area contributed by atoms with Crippen LogP contribution in [0.4, 0.5) is 11.6 Å². The highest BCUT2D eigenvalue weighted by molar-refractivity contribution is 7.80. The topological polar surface area (TPSA) is 65.8 Å². The lowest BCUT2D eigenvalue weighted by molar-refractivity contribution is -0.122. The predicted octanol–water partition coefficient (Wildman–Crippen LogP) is 4.08. The van der Waals surface area contributed by atoms with E-state index in [0.717, 1.165) is 18.7 Å². The Morgan fingerprint density at radius 3 is 2.34 bits per heavy atom. The number of amides is 2. The lowest BCUT2D eigenvalue weighted by Crippen LogP contribution is -2.54. The van der Waals surface area contributed by atoms with Gasteiger partial charge in [0.25, 0.3) is 11.8 Å². The minimum absolute atomic E-state index is 0.0213. The molecule has 0 unspecified atom stereocenters. The molecule has 2 aromatic rings. The third-order valence-electron chi connectivity index (χ3n) is 4.89. The van der Waals surface area contributed by atoms with Crippen LogP contribution >= 0.6 is 12.2 Å². The van der Waals surface area contributed by atoms with E-state index < -0.39 is 11.8 Å². The molecule has 29 heavy (non-hydrogen) atoms. The van der Waals surface area contributed by atoms with Crippen LogP contribution in [0, 0.1) is 0 Å². The standard InChI is InChI=1S/C22H25N3O3S/c1-5-24(6-2)19-12-11-17(28-19)13-18-20(26)23-22(29)25(21(18)27)16-9-7-15(8-10-16)14(3)4/h7-14H,5-6H2,1-4H3,(H,23,26,29)/b18-13+. The van der Waals surface area contributed by atoms with Crippen molar-refractivity contribution in [2.24, 2.45) is 0 Å². The van der Waals surface area contributed by atoms with Gasteiger partial charge in [-0.25, -0.2) is 0 Å². The SMILES string of the molecule is CCN(CC)c1ccc(/C=C2\C(=O)NC(=S)N(c3ccc(C(C)C)cc3)C2=O)o1. The summed E-state index contributed by atoms with van der Waals surface area (Å²) in [7, 11) is 0. The van der Waals surface area contributed by atoms with E-state index in [1.54, 1.807) is 6.07 Å². The number of carbonyl (C=O) groups excluding carboxylic acids is 2. The lowest BCUT2D eigenvalue weighted by Gasteiger charge is -2.29. The zero-order valence-corrected chi connectivity index (χ0v) is 17.9. The first-order chi connectivity index (χ1) is 13.8. The van der Waals surface area contributed by atoms with Gasteiger partial charge in [0.2, 0.25) is 0 Å². The maximum atomic E-state index is 13.1. The molecule has 0 spiro atoms. The number of hydrogen-bond acceptors (Lipinski definition) is 5. The second-order valence-corrected chi connectivity index (χ2v) is 7.44. The molecular weight excluding hydrogens is 386 g/mol. The number of furan rings is 1. The Hall–Kier alpha value is -2.93. The molecular formula is C22H25N3O3S. The summed E-state index contributed by atoms with van der Waals surface area (Å²) in [5.74, 6) is 0.505. The van der Waals surface area contributed by atoms with Gasteiger partial charge in [-0.3, -0.25) is 19.8 Å². The molecule has 0 saturated carbocycles. The Kier molecular flexibility index (Phi) is 6.17. The van der Waals surface area contributed by atoms with E-state index in [1.165, 1.54) is 11.0 Å². The average Bonchev–Trinajstić information content (AvgIpc) is 3.15. The number of nitrogens with zero attached hydrogens (tertiary/aromatic N) is 2. The van der Waals surface area contributed by atoms with Crippen LogP contribution in [0.25, 0.3) is 6.08 Å². The fraction of sp³-hybridized carbons (Fsp3) is 0.318. The maximum absolute atomic E-state index is 13.1. The van der Waals surface area contributed by atoms with Crippen LogP contribution in [0.15, 0.2) is 46.4 Å². The van der Waals surface area contributed by atoms with E-state index in [4.69, 9.17) is 16.6 Å². The van der Waals surface area contributed by atoms with Crippen LogP contribution in [-0.2, 0) is 9.59 Å². The first-order valence-corrected chi connectivity index (χ1v) is 10.1. The van der Waals surface area contributed by atoms with E-state index in [1.807, 2.05) is 49.1 Å². The molecule has 2 heterocycles. The minimum Gasteiger partial charge on any atom is -0.441 e. The van der Waals surface area contributed by atoms with E-state index in [9.17, 15) is 9.59 Å². The van der Waals surface area contributed by atoms with Crippen molar-refractivity contribution < 1.29 is 14.0 Å². The molecule has 1 aliphatic heterocycles. The van der Waals surface area contributed by atoms with E-state index in [-0.39, 0.29) is 10.7 Å². The van der Waals surface area contributed by atoms with Gasteiger partial charge in [0.05, 0.1) is 5.69 Å². The number of anilines is 2. The van der Waals surface area contributed by atoms with Gasteiger partial charge < -0.3 is 9.32 Å². The van der Waals surface area contributed by atoms with Gasteiger partial charge in [-0.05, 0) is 61.8 Å². The van der Waals surface area contributed by atoms with Crippen molar-refractivity contribution in [3.05, 3.63) is 53.3 Å². The molecule has 1 aromatic heterocycles. The van der Waals surface area contributed by atoms with Crippen LogP contribution in [0.5, 0.6) is 0 Å². The number of thiocarbonyl (C=S) groups is 1. The molecule has 6 nitrogen and oxygen atoms in total. The van der Waals surface area contributed by atoms with Crippen LogP contribution in [0.2, 0.25) is 0 Å². The normalized spacial score (nSPS) is 16.0. The van der Waals surface area contributed by atoms with E-state index in [2.05, 4.69) is 19.2 Å². The summed E-state index contributed by atoms with van der Waals surface area (Å²) < 4.78 is 5.80. The predicted molar refractivity (Wildman–Crippen MR) is 119 cm³/mol. The molecule has 1 N–H and O–H groups in total. The monoisotopic (exact) mass is 411 g/mol. The van der Waals surface area contributed by atoms with Crippen molar-refractivity contribution in [2.45, 2.75) is 33.6 Å². The number of carbonyl (C=O) groups is 2. The molecule has 3 rings (SSSR count). The number of nitrogens with one attached hydrogen (secondary N) is 1.